The SMILES string of the molecule is C[C@H](CO)NC(=O)C1=NN(C)C(=O)CC1. The molecule has 6 heteroatoms. The predicted molar refractivity (Wildman–Crippen MR) is 54.1 cm³/mol. The van der Waals surface area contributed by atoms with Crippen LogP contribution in [0.5, 0.6) is 0 Å². The van der Waals surface area contributed by atoms with Gasteiger partial charge in [0.25, 0.3) is 5.91 Å². The van der Waals surface area contributed by atoms with Gasteiger partial charge in [-0.05, 0) is 6.92 Å². The lowest BCUT2D eigenvalue weighted by Crippen LogP contribution is -2.42. The summed E-state index contributed by atoms with van der Waals surface area (Å²) in [6.45, 7) is 1.57. The van der Waals surface area contributed by atoms with E-state index in [1.165, 1.54) is 12.1 Å². The monoisotopic (exact) mass is 213 g/mol. The molecule has 6 nitrogen and oxygen atoms in total. The van der Waals surface area contributed by atoms with Gasteiger partial charge in [-0.2, -0.15) is 5.10 Å². The molecule has 0 aromatic carbocycles. The molecule has 0 spiro atoms. The summed E-state index contributed by atoms with van der Waals surface area (Å²) in [6.07, 6.45) is 0.656. The van der Waals surface area contributed by atoms with Gasteiger partial charge >= 0.3 is 0 Å². The number of carbonyl (C=O) groups is 2. The number of amides is 2. The lowest BCUT2D eigenvalue weighted by atomic mass is 10.1. The Kier molecular flexibility index (Phi) is 3.79. The minimum Gasteiger partial charge on any atom is -0.394 e. The molecule has 0 bridgehead atoms. The van der Waals surface area contributed by atoms with E-state index in [1.807, 2.05) is 0 Å². The molecule has 2 amide bonds. The lowest BCUT2D eigenvalue weighted by Gasteiger charge is -2.20. The number of carbonyl (C=O) groups excluding carboxylic acids is 2. The Morgan fingerprint density at radius 3 is 2.87 bits per heavy atom. The molecule has 1 heterocycles. The van der Waals surface area contributed by atoms with E-state index in [0.717, 1.165) is 0 Å². The minimum absolute atomic E-state index is 0.0956. The second-order valence-electron chi connectivity index (χ2n) is 3.52. The Hall–Kier alpha value is -1.43. The molecule has 0 aliphatic carbocycles. The summed E-state index contributed by atoms with van der Waals surface area (Å²) in [5.74, 6) is -0.419. The molecule has 0 radical (unpaired) electrons. The van der Waals surface area contributed by atoms with Gasteiger partial charge in [0.05, 0.1) is 6.61 Å². The van der Waals surface area contributed by atoms with E-state index in [4.69, 9.17) is 5.11 Å². The van der Waals surface area contributed by atoms with Crippen molar-refractivity contribution < 1.29 is 14.7 Å². The van der Waals surface area contributed by atoms with E-state index in [1.54, 1.807) is 6.92 Å². The van der Waals surface area contributed by atoms with E-state index in [0.29, 0.717) is 18.6 Å². The minimum atomic E-state index is -0.323. The van der Waals surface area contributed by atoms with Crippen molar-refractivity contribution in [1.29, 1.82) is 0 Å². The summed E-state index contributed by atoms with van der Waals surface area (Å²) in [5, 5.41) is 16.4. The molecule has 0 aromatic heterocycles. The van der Waals surface area contributed by atoms with Crippen molar-refractivity contribution in [2.75, 3.05) is 13.7 Å². The molecule has 2 N–H and O–H groups in total. The van der Waals surface area contributed by atoms with Gasteiger partial charge in [-0.1, -0.05) is 0 Å². The molecular formula is C9H15N3O3. The highest BCUT2D eigenvalue weighted by Crippen LogP contribution is 2.06. The van der Waals surface area contributed by atoms with Crippen LogP contribution in [-0.4, -0.2) is 47.3 Å². The van der Waals surface area contributed by atoms with Crippen molar-refractivity contribution in [2.45, 2.75) is 25.8 Å². The predicted octanol–water partition coefficient (Wildman–Crippen LogP) is -0.908. The van der Waals surface area contributed by atoms with Gasteiger partial charge in [0.2, 0.25) is 5.91 Å². The van der Waals surface area contributed by atoms with E-state index in [2.05, 4.69) is 10.4 Å². The van der Waals surface area contributed by atoms with Crippen LogP contribution in [0.15, 0.2) is 5.10 Å². The fraction of sp³-hybridized carbons (Fsp3) is 0.667. The van der Waals surface area contributed by atoms with Crippen LogP contribution in [0.1, 0.15) is 19.8 Å². The third kappa shape index (κ3) is 3.02. The van der Waals surface area contributed by atoms with Gasteiger partial charge in [0.15, 0.2) is 0 Å². The van der Waals surface area contributed by atoms with Crippen LogP contribution in [0, 0.1) is 0 Å². The van der Waals surface area contributed by atoms with Crippen LogP contribution < -0.4 is 5.32 Å². The summed E-state index contributed by atoms with van der Waals surface area (Å²) in [4.78, 5) is 22.6. The molecule has 84 valence electrons. The zero-order chi connectivity index (χ0) is 11.4. The summed E-state index contributed by atoms with van der Waals surface area (Å²) < 4.78 is 0. The highest BCUT2D eigenvalue weighted by molar-refractivity contribution is 6.39. The highest BCUT2D eigenvalue weighted by atomic mass is 16.3. The molecule has 0 aromatic rings. The number of nitrogens with zero attached hydrogens (tertiary/aromatic N) is 2. The number of aliphatic hydroxyl groups is 1. The molecule has 1 aliphatic heterocycles. The average Bonchev–Trinajstić information content (AvgIpc) is 2.21. The number of hydrogen-bond donors (Lipinski definition) is 2. The third-order valence-electron chi connectivity index (χ3n) is 2.12. The summed E-state index contributed by atoms with van der Waals surface area (Å²) in [5.41, 5.74) is 0.331. The maximum absolute atomic E-state index is 11.5. The van der Waals surface area contributed by atoms with Crippen molar-refractivity contribution in [3.63, 3.8) is 0 Å². The fourth-order valence-electron chi connectivity index (χ4n) is 1.19. The van der Waals surface area contributed by atoms with Crippen LogP contribution in [0.4, 0.5) is 0 Å². The first-order chi connectivity index (χ1) is 7.04. The summed E-state index contributed by atoms with van der Waals surface area (Å²) >= 11 is 0. The van der Waals surface area contributed by atoms with Gasteiger partial charge in [0, 0.05) is 25.9 Å². The molecule has 0 saturated heterocycles. The van der Waals surface area contributed by atoms with Crippen LogP contribution in [0.2, 0.25) is 0 Å². The number of aliphatic hydroxyl groups excluding tert-OH is 1. The smallest absolute Gasteiger partial charge is 0.267 e. The van der Waals surface area contributed by atoms with Gasteiger partial charge in [-0.3, -0.25) is 9.59 Å². The fourth-order valence-corrected chi connectivity index (χ4v) is 1.19. The van der Waals surface area contributed by atoms with Crippen molar-refractivity contribution in [1.82, 2.24) is 10.3 Å². The van der Waals surface area contributed by atoms with Crippen molar-refractivity contribution >= 4 is 17.5 Å². The van der Waals surface area contributed by atoms with Crippen LogP contribution in [0.25, 0.3) is 0 Å². The van der Waals surface area contributed by atoms with Crippen LogP contribution in [0.3, 0.4) is 0 Å². The molecular weight excluding hydrogens is 198 g/mol. The molecule has 1 rings (SSSR count). The topological polar surface area (TPSA) is 82.0 Å². The van der Waals surface area contributed by atoms with E-state index in [-0.39, 0.29) is 24.5 Å². The summed E-state index contributed by atoms with van der Waals surface area (Å²) in [7, 11) is 1.52. The molecule has 0 saturated carbocycles. The van der Waals surface area contributed by atoms with Gasteiger partial charge in [0.1, 0.15) is 5.71 Å². The number of hydrazone groups is 1. The Morgan fingerprint density at radius 1 is 1.67 bits per heavy atom. The van der Waals surface area contributed by atoms with E-state index < -0.39 is 0 Å². The number of nitrogens with one attached hydrogen (secondary N) is 1. The Labute approximate surface area is 87.9 Å². The van der Waals surface area contributed by atoms with Crippen LogP contribution >= 0.6 is 0 Å². The number of hydrogen-bond acceptors (Lipinski definition) is 4. The van der Waals surface area contributed by atoms with Crippen molar-refractivity contribution in [2.24, 2.45) is 5.10 Å². The maximum Gasteiger partial charge on any atom is 0.267 e. The first kappa shape index (κ1) is 11.6. The first-order valence-electron chi connectivity index (χ1n) is 4.80. The zero-order valence-corrected chi connectivity index (χ0v) is 8.86. The standard InChI is InChI=1S/C9H15N3O3/c1-6(5-13)10-9(15)7-3-4-8(14)12(2)11-7/h6,13H,3-5H2,1-2H3,(H,10,15)/t6-/m1/s1. The number of rotatable bonds is 3. The molecule has 0 fully saturated rings. The van der Waals surface area contributed by atoms with Gasteiger partial charge < -0.3 is 10.4 Å². The lowest BCUT2D eigenvalue weighted by molar-refractivity contribution is -0.130. The Morgan fingerprint density at radius 2 is 2.33 bits per heavy atom. The molecule has 1 aliphatic rings. The van der Waals surface area contributed by atoms with Crippen molar-refractivity contribution in [3.05, 3.63) is 0 Å². The molecule has 0 unspecified atom stereocenters. The van der Waals surface area contributed by atoms with Gasteiger partial charge in [-0.15, -0.1) is 0 Å². The normalized spacial score (nSPS) is 18.5. The van der Waals surface area contributed by atoms with Gasteiger partial charge in [-0.25, -0.2) is 5.01 Å². The largest absolute Gasteiger partial charge is 0.394 e. The second-order valence-corrected chi connectivity index (χ2v) is 3.52. The highest BCUT2D eigenvalue weighted by Gasteiger charge is 2.22. The summed E-state index contributed by atoms with van der Waals surface area (Å²) in [6, 6.07) is -0.303. The van der Waals surface area contributed by atoms with Crippen LogP contribution in [-0.2, 0) is 9.59 Å². The molecule has 15 heavy (non-hydrogen) atoms. The third-order valence-corrected chi connectivity index (χ3v) is 2.12. The average molecular weight is 213 g/mol. The van der Waals surface area contributed by atoms with Crippen molar-refractivity contribution in [3.8, 4) is 0 Å². The maximum atomic E-state index is 11.5. The Balaban J connectivity index is 2.61. The van der Waals surface area contributed by atoms with E-state index in [9.17, 15) is 9.59 Å². The second kappa shape index (κ2) is 4.88. The molecule has 1 atom stereocenters. The zero-order valence-electron chi connectivity index (χ0n) is 8.86. The first-order valence-corrected chi connectivity index (χ1v) is 4.80. The Bertz CT molecular complexity index is 301. The quantitative estimate of drug-likeness (QED) is 0.637. The van der Waals surface area contributed by atoms with E-state index >= 15 is 0 Å².